The second-order valence-corrected chi connectivity index (χ2v) is 7.32. The van der Waals surface area contributed by atoms with Crippen LogP contribution in [-0.4, -0.2) is 44.6 Å². The van der Waals surface area contributed by atoms with E-state index in [2.05, 4.69) is 51.2 Å². The average molecular weight is 378 g/mol. The van der Waals surface area contributed by atoms with Crippen LogP contribution in [0.15, 0.2) is 29.1 Å². The minimum Gasteiger partial charge on any atom is -0.359 e. The van der Waals surface area contributed by atoms with Crippen LogP contribution in [0.3, 0.4) is 0 Å². The molecule has 3 heterocycles. The Hall–Kier alpha value is -2.80. The number of aromatic nitrogens is 3. The first-order valence-electron chi connectivity index (χ1n) is 9.93. The molecule has 0 bridgehead atoms. The SMILES string of the molecule is CCN(CC)Cc1c(C)[nH]c(/C=C2/C(=O)NN=C2c2ncccn2)c1C1CC1. The fourth-order valence-corrected chi connectivity index (χ4v) is 3.74. The molecule has 7 nitrogen and oxygen atoms in total. The molecule has 0 spiro atoms. The van der Waals surface area contributed by atoms with Gasteiger partial charge in [-0.3, -0.25) is 9.69 Å². The highest BCUT2D eigenvalue weighted by molar-refractivity contribution is 6.32. The smallest absolute Gasteiger partial charge is 0.273 e. The highest BCUT2D eigenvalue weighted by Crippen LogP contribution is 2.45. The molecular formula is C21H26N6O. The van der Waals surface area contributed by atoms with Crippen molar-refractivity contribution in [1.82, 2.24) is 25.3 Å². The van der Waals surface area contributed by atoms with E-state index in [1.807, 2.05) is 6.08 Å². The Bertz CT molecular complexity index is 935. The lowest BCUT2D eigenvalue weighted by molar-refractivity contribution is -0.116. The number of hydrazone groups is 1. The second kappa shape index (κ2) is 7.67. The maximum atomic E-state index is 12.4. The zero-order chi connectivity index (χ0) is 19.7. The summed E-state index contributed by atoms with van der Waals surface area (Å²) in [5, 5.41) is 4.16. The molecule has 28 heavy (non-hydrogen) atoms. The maximum Gasteiger partial charge on any atom is 0.273 e. The number of hydrogen-bond donors (Lipinski definition) is 2. The van der Waals surface area contributed by atoms with Crippen molar-refractivity contribution in [3.05, 3.63) is 52.4 Å². The molecule has 1 fully saturated rings. The van der Waals surface area contributed by atoms with Crippen molar-refractivity contribution in [2.75, 3.05) is 13.1 Å². The number of amides is 1. The van der Waals surface area contributed by atoms with Crippen LogP contribution in [0.2, 0.25) is 0 Å². The number of aromatic amines is 1. The van der Waals surface area contributed by atoms with Gasteiger partial charge in [0.15, 0.2) is 5.82 Å². The highest BCUT2D eigenvalue weighted by Gasteiger charge is 2.32. The monoisotopic (exact) mass is 378 g/mol. The van der Waals surface area contributed by atoms with Crippen molar-refractivity contribution in [3.63, 3.8) is 0 Å². The molecule has 0 aromatic carbocycles. The van der Waals surface area contributed by atoms with Gasteiger partial charge < -0.3 is 4.98 Å². The molecule has 1 aliphatic carbocycles. The van der Waals surface area contributed by atoms with Crippen LogP contribution in [0.1, 0.15) is 60.9 Å². The van der Waals surface area contributed by atoms with Crippen LogP contribution in [0.4, 0.5) is 0 Å². The van der Waals surface area contributed by atoms with Crippen molar-refractivity contribution in [3.8, 4) is 0 Å². The van der Waals surface area contributed by atoms with Gasteiger partial charge in [0.25, 0.3) is 5.91 Å². The quantitative estimate of drug-likeness (QED) is 0.726. The summed E-state index contributed by atoms with van der Waals surface area (Å²) in [5.41, 5.74) is 8.45. The molecule has 2 aromatic heterocycles. The van der Waals surface area contributed by atoms with Gasteiger partial charge in [0, 0.05) is 30.3 Å². The van der Waals surface area contributed by atoms with Crippen LogP contribution in [0, 0.1) is 6.92 Å². The first-order chi connectivity index (χ1) is 13.6. The topological polar surface area (TPSA) is 86.3 Å². The molecule has 2 aliphatic rings. The minimum absolute atomic E-state index is 0.221. The van der Waals surface area contributed by atoms with E-state index >= 15 is 0 Å². The zero-order valence-corrected chi connectivity index (χ0v) is 16.6. The van der Waals surface area contributed by atoms with Crippen molar-refractivity contribution < 1.29 is 4.79 Å². The molecule has 0 atom stereocenters. The summed E-state index contributed by atoms with van der Waals surface area (Å²) in [4.78, 5) is 26.9. The minimum atomic E-state index is -0.221. The van der Waals surface area contributed by atoms with Gasteiger partial charge in [-0.05, 0) is 62.0 Å². The molecule has 0 radical (unpaired) electrons. The summed E-state index contributed by atoms with van der Waals surface area (Å²) in [6.45, 7) is 9.47. The predicted octanol–water partition coefficient (Wildman–Crippen LogP) is 2.75. The third-order valence-electron chi connectivity index (χ3n) is 5.49. The largest absolute Gasteiger partial charge is 0.359 e. The van der Waals surface area contributed by atoms with Crippen LogP contribution >= 0.6 is 0 Å². The Morgan fingerprint density at radius 2 is 1.93 bits per heavy atom. The fourth-order valence-electron chi connectivity index (χ4n) is 3.74. The zero-order valence-electron chi connectivity index (χ0n) is 16.6. The molecule has 1 saturated carbocycles. The molecule has 146 valence electrons. The predicted molar refractivity (Wildman–Crippen MR) is 109 cm³/mol. The molecule has 1 amide bonds. The number of carbonyl (C=O) groups is 1. The molecule has 2 N–H and O–H groups in total. The number of carbonyl (C=O) groups excluding carboxylic acids is 1. The van der Waals surface area contributed by atoms with Gasteiger partial charge in [-0.25, -0.2) is 15.4 Å². The fraction of sp³-hybridized carbons (Fsp3) is 0.429. The summed E-state index contributed by atoms with van der Waals surface area (Å²) >= 11 is 0. The number of rotatable bonds is 7. The average Bonchev–Trinajstić information content (AvgIpc) is 3.42. The Morgan fingerprint density at radius 3 is 2.57 bits per heavy atom. The first-order valence-corrected chi connectivity index (χ1v) is 9.93. The highest BCUT2D eigenvalue weighted by atomic mass is 16.2. The van der Waals surface area contributed by atoms with E-state index in [0.29, 0.717) is 23.0 Å². The van der Waals surface area contributed by atoms with Crippen LogP contribution < -0.4 is 5.43 Å². The third-order valence-corrected chi connectivity index (χ3v) is 5.49. The van der Waals surface area contributed by atoms with Gasteiger partial charge >= 0.3 is 0 Å². The molecular weight excluding hydrogens is 352 g/mol. The van der Waals surface area contributed by atoms with E-state index in [0.717, 1.165) is 25.3 Å². The Labute approximate surface area is 165 Å². The molecule has 4 rings (SSSR count). The Balaban J connectivity index is 1.75. The number of aryl methyl sites for hydroxylation is 1. The lowest BCUT2D eigenvalue weighted by Gasteiger charge is -2.19. The Morgan fingerprint density at radius 1 is 1.21 bits per heavy atom. The van der Waals surface area contributed by atoms with E-state index in [1.165, 1.54) is 29.7 Å². The van der Waals surface area contributed by atoms with Gasteiger partial charge in [0.2, 0.25) is 0 Å². The van der Waals surface area contributed by atoms with Crippen LogP contribution in [0.5, 0.6) is 0 Å². The first kappa shape index (κ1) is 18.6. The number of nitrogens with zero attached hydrogens (tertiary/aromatic N) is 4. The summed E-state index contributed by atoms with van der Waals surface area (Å²) in [5.74, 6) is 0.800. The molecule has 0 saturated heterocycles. The van der Waals surface area contributed by atoms with Gasteiger partial charge in [0.1, 0.15) is 5.71 Å². The van der Waals surface area contributed by atoms with Crippen LogP contribution in [0.25, 0.3) is 6.08 Å². The summed E-state index contributed by atoms with van der Waals surface area (Å²) in [6, 6.07) is 1.75. The molecule has 1 aliphatic heterocycles. The van der Waals surface area contributed by atoms with E-state index in [1.54, 1.807) is 18.5 Å². The molecule has 0 unspecified atom stereocenters. The van der Waals surface area contributed by atoms with Crippen molar-refractivity contribution in [1.29, 1.82) is 0 Å². The Kier molecular flexibility index (Phi) is 5.09. The van der Waals surface area contributed by atoms with E-state index in [9.17, 15) is 4.79 Å². The van der Waals surface area contributed by atoms with Crippen molar-refractivity contribution in [2.24, 2.45) is 5.10 Å². The third kappa shape index (κ3) is 3.49. The van der Waals surface area contributed by atoms with Gasteiger partial charge in [-0.1, -0.05) is 13.8 Å². The number of hydrogen-bond acceptors (Lipinski definition) is 5. The summed E-state index contributed by atoms with van der Waals surface area (Å²) in [6.07, 6.45) is 7.63. The van der Waals surface area contributed by atoms with E-state index in [4.69, 9.17) is 0 Å². The molecule has 7 heteroatoms. The second-order valence-electron chi connectivity index (χ2n) is 7.32. The number of nitrogens with one attached hydrogen (secondary N) is 2. The summed E-state index contributed by atoms with van der Waals surface area (Å²) in [7, 11) is 0. The maximum absolute atomic E-state index is 12.4. The summed E-state index contributed by atoms with van der Waals surface area (Å²) < 4.78 is 0. The normalized spacial score (nSPS) is 18.1. The van der Waals surface area contributed by atoms with Gasteiger partial charge in [0.05, 0.1) is 5.57 Å². The lowest BCUT2D eigenvalue weighted by atomic mass is 10.0. The van der Waals surface area contributed by atoms with Crippen molar-refractivity contribution in [2.45, 2.75) is 46.1 Å². The van der Waals surface area contributed by atoms with E-state index < -0.39 is 0 Å². The van der Waals surface area contributed by atoms with Gasteiger partial charge in [-0.15, -0.1) is 0 Å². The lowest BCUT2D eigenvalue weighted by Crippen LogP contribution is -2.22. The van der Waals surface area contributed by atoms with Gasteiger partial charge in [-0.2, -0.15) is 5.10 Å². The van der Waals surface area contributed by atoms with Crippen LogP contribution in [-0.2, 0) is 11.3 Å². The molecule has 2 aromatic rings. The standard InChI is InChI=1S/C21H26N6O/c1-4-27(5-2)12-16-13(3)24-17(18(16)14-7-8-14)11-15-19(25-26-21(15)28)20-22-9-6-10-23-20/h6,9-11,14,24H,4-5,7-8,12H2,1-3H3,(H,26,28)/b15-11+. The van der Waals surface area contributed by atoms with E-state index in [-0.39, 0.29) is 5.91 Å². The number of H-pyrrole nitrogens is 1. The van der Waals surface area contributed by atoms with Crippen molar-refractivity contribution >= 4 is 17.7 Å².